The Kier molecular flexibility index (Phi) is 6.60. The van der Waals surface area contributed by atoms with Gasteiger partial charge in [-0.2, -0.15) is 0 Å². The maximum absolute atomic E-state index is 6.60. The number of anilines is 3. The van der Waals surface area contributed by atoms with Gasteiger partial charge in [-0.25, -0.2) is 0 Å². The number of hydrogen-bond donors (Lipinski definition) is 0. The van der Waals surface area contributed by atoms with Crippen molar-refractivity contribution in [2.75, 3.05) is 4.90 Å². The van der Waals surface area contributed by atoms with Crippen LogP contribution in [0.1, 0.15) is 0 Å². The SMILES string of the molecule is c1ccc2c(-c3ccc(N(c4ccc(-c5ccc6c(c5)Oc5cccc7c8ccccc8n-6c57)cc4)c4ccc5c(c4)oc4ccccc45)cc3)cccc2c1. The molecule has 11 aromatic rings. The average molecular weight is 717 g/mol. The van der Waals surface area contributed by atoms with Gasteiger partial charge < -0.3 is 18.6 Å². The summed E-state index contributed by atoms with van der Waals surface area (Å²) >= 11 is 0. The summed E-state index contributed by atoms with van der Waals surface area (Å²) in [5.74, 6) is 1.72. The second-order valence-corrected chi connectivity index (χ2v) is 14.5. The summed E-state index contributed by atoms with van der Waals surface area (Å²) in [6.07, 6.45) is 0. The Balaban J connectivity index is 0.947. The first kappa shape index (κ1) is 30.9. The number of rotatable bonds is 5. The first-order chi connectivity index (χ1) is 27.7. The van der Waals surface area contributed by atoms with Gasteiger partial charge >= 0.3 is 0 Å². The minimum atomic E-state index is 0.847. The summed E-state index contributed by atoms with van der Waals surface area (Å²) in [4.78, 5) is 2.30. The van der Waals surface area contributed by atoms with Crippen LogP contribution in [0.25, 0.3) is 82.5 Å². The minimum Gasteiger partial charge on any atom is -0.456 e. The van der Waals surface area contributed by atoms with E-state index in [1.54, 1.807) is 0 Å². The highest BCUT2D eigenvalue weighted by molar-refractivity contribution is 6.12. The molecule has 0 bridgehead atoms. The molecule has 4 heteroatoms. The molecule has 4 nitrogen and oxygen atoms in total. The number of aromatic nitrogens is 1. The Bertz CT molecular complexity index is 3330. The molecule has 0 N–H and O–H groups in total. The van der Waals surface area contributed by atoms with Crippen LogP contribution >= 0.6 is 0 Å². The van der Waals surface area contributed by atoms with Crippen LogP contribution in [-0.2, 0) is 0 Å². The Hall–Kier alpha value is -7.56. The highest BCUT2D eigenvalue weighted by Gasteiger charge is 2.24. The molecule has 1 aliphatic rings. The smallest absolute Gasteiger partial charge is 0.152 e. The van der Waals surface area contributed by atoms with E-state index in [9.17, 15) is 0 Å². The molecular formula is C52H32N2O2. The summed E-state index contributed by atoms with van der Waals surface area (Å²) in [7, 11) is 0. The fourth-order valence-corrected chi connectivity index (χ4v) is 8.77. The molecule has 0 radical (unpaired) electrons. The third-order valence-electron chi connectivity index (χ3n) is 11.4. The molecule has 12 rings (SSSR count). The molecular weight excluding hydrogens is 685 g/mol. The molecule has 0 amide bonds. The fraction of sp³-hybridized carbons (Fsp3) is 0. The molecule has 0 saturated carbocycles. The fourth-order valence-electron chi connectivity index (χ4n) is 8.77. The van der Waals surface area contributed by atoms with E-state index in [1.807, 2.05) is 12.1 Å². The largest absolute Gasteiger partial charge is 0.456 e. The second kappa shape index (κ2) is 12.0. The van der Waals surface area contributed by atoms with E-state index in [0.29, 0.717) is 0 Å². The zero-order valence-corrected chi connectivity index (χ0v) is 30.2. The van der Waals surface area contributed by atoms with Gasteiger partial charge in [0.05, 0.1) is 16.7 Å². The highest BCUT2D eigenvalue weighted by atomic mass is 16.5. The first-order valence-electron chi connectivity index (χ1n) is 19.0. The molecule has 9 aromatic carbocycles. The van der Waals surface area contributed by atoms with Crippen molar-refractivity contribution in [3.8, 4) is 39.4 Å². The number of ether oxygens (including phenoxy) is 1. The van der Waals surface area contributed by atoms with Crippen molar-refractivity contribution in [1.29, 1.82) is 0 Å². The van der Waals surface area contributed by atoms with E-state index in [0.717, 1.165) is 72.8 Å². The number of para-hydroxylation sites is 3. The molecule has 0 aliphatic carbocycles. The van der Waals surface area contributed by atoms with Gasteiger partial charge in [0.2, 0.25) is 0 Å². The molecule has 0 saturated heterocycles. The van der Waals surface area contributed by atoms with Crippen molar-refractivity contribution in [3.63, 3.8) is 0 Å². The van der Waals surface area contributed by atoms with Crippen LogP contribution in [0.4, 0.5) is 17.1 Å². The third-order valence-corrected chi connectivity index (χ3v) is 11.4. The van der Waals surface area contributed by atoms with Crippen LogP contribution in [0.3, 0.4) is 0 Å². The summed E-state index contributed by atoms with van der Waals surface area (Å²) in [6, 6.07) is 69.0. The summed E-state index contributed by atoms with van der Waals surface area (Å²) < 4.78 is 15.3. The van der Waals surface area contributed by atoms with E-state index in [2.05, 4.69) is 191 Å². The first-order valence-corrected chi connectivity index (χ1v) is 19.0. The predicted molar refractivity (Wildman–Crippen MR) is 231 cm³/mol. The van der Waals surface area contributed by atoms with Gasteiger partial charge in [-0.15, -0.1) is 0 Å². The number of hydrogen-bond acceptors (Lipinski definition) is 3. The molecule has 262 valence electrons. The zero-order chi connectivity index (χ0) is 36.7. The van der Waals surface area contributed by atoms with Gasteiger partial charge in [-0.3, -0.25) is 0 Å². The molecule has 0 atom stereocenters. The Morgan fingerprint density at radius 1 is 0.393 bits per heavy atom. The molecule has 1 aliphatic heterocycles. The van der Waals surface area contributed by atoms with E-state index < -0.39 is 0 Å². The normalized spacial score (nSPS) is 12.1. The Morgan fingerprint density at radius 2 is 1.04 bits per heavy atom. The van der Waals surface area contributed by atoms with Crippen LogP contribution in [-0.4, -0.2) is 4.57 Å². The zero-order valence-electron chi connectivity index (χ0n) is 30.2. The maximum Gasteiger partial charge on any atom is 0.152 e. The van der Waals surface area contributed by atoms with E-state index in [-0.39, 0.29) is 0 Å². The lowest BCUT2D eigenvalue weighted by Gasteiger charge is -2.26. The van der Waals surface area contributed by atoms with Crippen molar-refractivity contribution >= 4 is 71.6 Å². The van der Waals surface area contributed by atoms with E-state index >= 15 is 0 Å². The van der Waals surface area contributed by atoms with Crippen molar-refractivity contribution in [1.82, 2.24) is 4.57 Å². The van der Waals surface area contributed by atoms with Crippen molar-refractivity contribution in [3.05, 3.63) is 194 Å². The molecule has 56 heavy (non-hydrogen) atoms. The van der Waals surface area contributed by atoms with E-state index in [1.165, 1.54) is 38.2 Å². The molecule has 0 fully saturated rings. The van der Waals surface area contributed by atoms with Crippen molar-refractivity contribution < 1.29 is 9.15 Å². The van der Waals surface area contributed by atoms with Gasteiger partial charge in [-0.1, -0.05) is 121 Å². The van der Waals surface area contributed by atoms with E-state index in [4.69, 9.17) is 9.15 Å². The average Bonchev–Trinajstić information content (AvgIpc) is 3.81. The molecule has 2 aromatic heterocycles. The van der Waals surface area contributed by atoms with Gasteiger partial charge in [0, 0.05) is 44.7 Å². The minimum absolute atomic E-state index is 0.847. The molecule has 0 spiro atoms. The van der Waals surface area contributed by atoms with Crippen LogP contribution in [0.5, 0.6) is 11.5 Å². The monoisotopic (exact) mass is 716 g/mol. The molecule has 3 heterocycles. The lowest BCUT2D eigenvalue weighted by molar-refractivity contribution is 0.476. The van der Waals surface area contributed by atoms with Gasteiger partial charge in [0.25, 0.3) is 0 Å². The van der Waals surface area contributed by atoms with Crippen LogP contribution < -0.4 is 9.64 Å². The van der Waals surface area contributed by atoms with Crippen molar-refractivity contribution in [2.45, 2.75) is 0 Å². The molecule has 0 unspecified atom stereocenters. The summed E-state index contributed by atoms with van der Waals surface area (Å²) in [6.45, 7) is 0. The number of nitrogens with zero attached hydrogens (tertiary/aromatic N) is 2. The number of benzene rings is 9. The third kappa shape index (κ3) is 4.66. The Morgan fingerprint density at radius 3 is 1.89 bits per heavy atom. The van der Waals surface area contributed by atoms with Crippen LogP contribution in [0.2, 0.25) is 0 Å². The lowest BCUT2D eigenvalue weighted by atomic mass is 9.98. The van der Waals surface area contributed by atoms with Crippen LogP contribution in [0.15, 0.2) is 199 Å². The highest BCUT2D eigenvalue weighted by Crippen LogP contribution is 2.47. The van der Waals surface area contributed by atoms with Gasteiger partial charge in [0.15, 0.2) is 11.5 Å². The summed E-state index contributed by atoms with van der Waals surface area (Å²) in [5.41, 5.74) is 12.8. The standard InChI is InChI=1S/C52H32N2O2/c1-2-11-40-34(9-1)10-7-14-41(40)35-21-26-38(27-22-35)53(39-28-29-44-43-13-4-6-17-48(43)55-50(44)32-39)37-24-19-33(20-25-37)36-23-30-47-51(31-36)56-49-18-8-15-45-42-12-3-5-16-46(42)54(47)52(45)49/h1-32H. The summed E-state index contributed by atoms with van der Waals surface area (Å²) in [5, 5.41) is 7.15. The van der Waals surface area contributed by atoms with Crippen molar-refractivity contribution in [2.24, 2.45) is 0 Å². The van der Waals surface area contributed by atoms with Gasteiger partial charge in [-0.05, 0) is 99.8 Å². The van der Waals surface area contributed by atoms with Gasteiger partial charge in [0.1, 0.15) is 11.2 Å². The predicted octanol–water partition coefficient (Wildman–Crippen LogP) is 14.7. The quantitative estimate of drug-likeness (QED) is 0.178. The second-order valence-electron chi connectivity index (χ2n) is 14.5. The topological polar surface area (TPSA) is 30.5 Å². The van der Waals surface area contributed by atoms with Crippen LogP contribution in [0, 0.1) is 0 Å². The number of fused-ring (bicyclic) bond motifs is 9. The lowest BCUT2D eigenvalue weighted by Crippen LogP contribution is -2.09. The number of furan rings is 1. The Labute approximate surface area is 322 Å². The maximum atomic E-state index is 6.60.